The maximum absolute atomic E-state index is 12.7. The van der Waals surface area contributed by atoms with Gasteiger partial charge in [-0.15, -0.1) is 0 Å². The van der Waals surface area contributed by atoms with Gasteiger partial charge in [-0.05, 0) is 49.4 Å². The summed E-state index contributed by atoms with van der Waals surface area (Å²) in [5.41, 5.74) is 1.48. The molecule has 1 aromatic heterocycles. The molecule has 0 saturated heterocycles. The van der Waals surface area contributed by atoms with E-state index < -0.39 is 17.8 Å². The van der Waals surface area contributed by atoms with E-state index in [-0.39, 0.29) is 17.7 Å². The molecule has 1 heterocycles. The van der Waals surface area contributed by atoms with Gasteiger partial charge in [0.2, 0.25) is 5.91 Å². The second kappa shape index (κ2) is 5.92. The van der Waals surface area contributed by atoms with Gasteiger partial charge in [-0.2, -0.15) is 0 Å². The lowest BCUT2D eigenvalue weighted by molar-refractivity contribution is -0.313. The number of carbonyl (C=O) groups is 2. The van der Waals surface area contributed by atoms with Crippen molar-refractivity contribution in [2.75, 3.05) is 5.32 Å². The first-order valence-corrected chi connectivity index (χ1v) is 8.40. The van der Waals surface area contributed by atoms with Gasteiger partial charge in [0.1, 0.15) is 11.5 Å². The van der Waals surface area contributed by atoms with E-state index in [0.717, 1.165) is 17.1 Å². The fraction of sp³-hybridized carbons (Fsp3) is 0.300. The van der Waals surface area contributed by atoms with Crippen LogP contribution in [0.15, 0.2) is 53.0 Å². The van der Waals surface area contributed by atoms with Crippen molar-refractivity contribution in [3.63, 3.8) is 0 Å². The zero-order valence-corrected chi connectivity index (χ0v) is 13.8. The second-order valence-electron chi connectivity index (χ2n) is 6.80. The van der Waals surface area contributed by atoms with Gasteiger partial charge in [-0.3, -0.25) is 4.79 Å². The van der Waals surface area contributed by atoms with Crippen molar-refractivity contribution in [3.8, 4) is 11.3 Å². The third kappa shape index (κ3) is 2.76. The maximum atomic E-state index is 12.7. The number of carbonyl (C=O) groups excluding carboxylic acids is 2. The fourth-order valence-corrected chi connectivity index (χ4v) is 4.07. The average Bonchev–Trinajstić information content (AvgIpc) is 3.30. The normalized spacial score (nSPS) is 26.8. The Bertz CT molecular complexity index is 866. The summed E-state index contributed by atoms with van der Waals surface area (Å²) in [6, 6.07) is 11.1. The molecule has 25 heavy (non-hydrogen) atoms. The Balaban J connectivity index is 1.55. The number of furan rings is 1. The van der Waals surface area contributed by atoms with E-state index in [4.69, 9.17) is 4.42 Å². The minimum Gasteiger partial charge on any atom is -0.550 e. The molecule has 2 aliphatic carbocycles. The topological polar surface area (TPSA) is 82.4 Å². The zero-order valence-electron chi connectivity index (χ0n) is 13.8. The number of rotatable bonds is 4. The highest BCUT2D eigenvalue weighted by atomic mass is 16.4. The smallest absolute Gasteiger partial charge is 0.228 e. The number of aliphatic carboxylic acids is 1. The Hall–Kier alpha value is -2.82. The molecule has 1 amide bonds. The van der Waals surface area contributed by atoms with Crippen LogP contribution in [0.5, 0.6) is 0 Å². The van der Waals surface area contributed by atoms with Crippen LogP contribution in [-0.2, 0) is 9.59 Å². The van der Waals surface area contributed by atoms with Gasteiger partial charge in [0, 0.05) is 23.1 Å². The minimum atomic E-state index is -1.14. The van der Waals surface area contributed by atoms with Crippen LogP contribution in [0.25, 0.3) is 11.3 Å². The van der Waals surface area contributed by atoms with Crippen molar-refractivity contribution in [1.82, 2.24) is 0 Å². The predicted octanol–water partition coefficient (Wildman–Crippen LogP) is 2.38. The number of benzene rings is 1. The molecule has 0 aliphatic heterocycles. The van der Waals surface area contributed by atoms with Gasteiger partial charge in [0.05, 0.1) is 5.92 Å². The molecule has 128 valence electrons. The predicted molar refractivity (Wildman–Crippen MR) is 90.2 cm³/mol. The molecule has 0 radical (unpaired) electrons. The summed E-state index contributed by atoms with van der Waals surface area (Å²) in [7, 11) is 0. The third-order valence-electron chi connectivity index (χ3n) is 5.19. The number of fused-ring (bicyclic) bond motifs is 2. The van der Waals surface area contributed by atoms with Crippen LogP contribution < -0.4 is 10.4 Å². The fourth-order valence-electron chi connectivity index (χ4n) is 4.07. The highest BCUT2D eigenvalue weighted by Crippen LogP contribution is 2.48. The van der Waals surface area contributed by atoms with Crippen LogP contribution >= 0.6 is 0 Å². The standard InChI is InChI=1S/C20H19NO4/c1-11-5-8-16(25-11)12-3-2-4-15(10-12)21-19(22)17-13-6-7-14(9-13)18(17)20(23)24/h2-8,10,13-14,17-18H,9H2,1H3,(H,21,22)(H,23,24)/p-1/t13-,14+,17+,18+/m1/s1. The summed E-state index contributed by atoms with van der Waals surface area (Å²) in [5.74, 6) is -1.30. The molecular weight excluding hydrogens is 318 g/mol. The Labute approximate surface area is 145 Å². The average molecular weight is 336 g/mol. The van der Waals surface area contributed by atoms with Gasteiger partial charge in [0.25, 0.3) is 0 Å². The number of hydrogen-bond donors (Lipinski definition) is 1. The first-order valence-electron chi connectivity index (χ1n) is 8.40. The summed E-state index contributed by atoms with van der Waals surface area (Å²) in [6.45, 7) is 1.87. The lowest BCUT2D eigenvalue weighted by Gasteiger charge is -2.27. The second-order valence-corrected chi connectivity index (χ2v) is 6.80. The number of hydrogen-bond acceptors (Lipinski definition) is 4. The highest BCUT2D eigenvalue weighted by Gasteiger charge is 2.48. The zero-order chi connectivity index (χ0) is 17.6. The van der Waals surface area contributed by atoms with E-state index in [0.29, 0.717) is 12.1 Å². The summed E-state index contributed by atoms with van der Waals surface area (Å²) in [6.07, 6.45) is 4.56. The number of carboxylic acids is 1. The van der Waals surface area contributed by atoms with Crippen molar-refractivity contribution in [2.24, 2.45) is 23.7 Å². The Kier molecular flexibility index (Phi) is 3.71. The van der Waals surface area contributed by atoms with Crippen molar-refractivity contribution in [2.45, 2.75) is 13.3 Å². The van der Waals surface area contributed by atoms with E-state index >= 15 is 0 Å². The lowest BCUT2D eigenvalue weighted by atomic mass is 9.82. The molecule has 4 atom stereocenters. The van der Waals surface area contributed by atoms with Gasteiger partial charge in [-0.1, -0.05) is 24.3 Å². The molecule has 4 rings (SSSR count). The van der Waals surface area contributed by atoms with Crippen molar-refractivity contribution >= 4 is 17.6 Å². The number of nitrogens with one attached hydrogen (secondary N) is 1. The molecule has 5 nitrogen and oxygen atoms in total. The largest absolute Gasteiger partial charge is 0.550 e. The van der Waals surface area contributed by atoms with Crippen LogP contribution in [0.2, 0.25) is 0 Å². The van der Waals surface area contributed by atoms with Crippen molar-refractivity contribution < 1.29 is 19.1 Å². The molecule has 5 heteroatoms. The van der Waals surface area contributed by atoms with Crippen molar-refractivity contribution in [1.29, 1.82) is 0 Å². The lowest BCUT2D eigenvalue weighted by Crippen LogP contribution is -2.42. The van der Waals surface area contributed by atoms with Gasteiger partial charge in [0.15, 0.2) is 0 Å². The summed E-state index contributed by atoms with van der Waals surface area (Å²) < 4.78 is 5.61. The van der Waals surface area contributed by atoms with E-state index in [1.165, 1.54) is 0 Å². The summed E-state index contributed by atoms with van der Waals surface area (Å²) in [4.78, 5) is 24.2. The van der Waals surface area contributed by atoms with Crippen LogP contribution in [-0.4, -0.2) is 11.9 Å². The van der Waals surface area contributed by atoms with Crippen LogP contribution in [0, 0.1) is 30.6 Å². The first kappa shape index (κ1) is 15.7. The van der Waals surface area contributed by atoms with Gasteiger partial charge < -0.3 is 19.6 Å². The Morgan fingerprint density at radius 2 is 1.88 bits per heavy atom. The van der Waals surface area contributed by atoms with E-state index in [2.05, 4.69) is 5.32 Å². The van der Waals surface area contributed by atoms with Crippen LogP contribution in [0.3, 0.4) is 0 Å². The molecule has 2 aromatic rings. The van der Waals surface area contributed by atoms with E-state index in [1.807, 2.05) is 49.4 Å². The van der Waals surface area contributed by atoms with Crippen molar-refractivity contribution in [3.05, 3.63) is 54.3 Å². The number of anilines is 1. The molecule has 1 aromatic carbocycles. The molecule has 0 unspecified atom stereocenters. The number of allylic oxidation sites excluding steroid dienone is 2. The van der Waals surface area contributed by atoms with E-state index in [1.54, 1.807) is 6.07 Å². The Morgan fingerprint density at radius 3 is 2.56 bits per heavy atom. The quantitative estimate of drug-likeness (QED) is 0.869. The Morgan fingerprint density at radius 1 is 1.12 bits per heavy atom. The molecular formula is C20H18NO4-. The number of amides is 1. The molecule has 1 saturated carbocycles. The molecule has 1 N–H and O–H groups in total. The SMILES string of the molecule is Cc1ccc(-c2cccc(NC(=O)[C@@H]3[C@@H](C(=O)[O-])[C@H]4C=C[C@@H]3C4)c2)o1. The number of carboxylic acid groups (broad SMARTS) is 1. The van der Waals surface area contributed by atoms with E-state index in [9.17, 15) is 14.7 Å². The van der Waals surface area contributed by atoms with Gasteiger partial charge in [-0.25, -0.2) is 0 Å². The maximum Gasteiger partial charge on any atom is 0.228 e. The monoisotopic (exact) mass is 336 g/mol. The first-order chi connectivity index (χ1) is 12.0. The third-order valence-corrected chi connectivity index (χ3v) is 5.19. The van der Waals surface area contributed by atoms with Crippen LogP contribution in [0.1, 0.15) is 12.2 Å². The molecule has 0 spiro atoms. The molecule has 2 bridgehead atoms. The summed E-state index contributed by atoms with van der Waals surface area (Å²) >= 11 is 0. The molecule has 2 aliphatic rings. The van der Waals surface area contributed by atoms with Gasteiger partial charge >= 0.3 is 0 Å². The number of aryl methyl sites for hydroxylation is 1. The summed E-state index contributed by atoms with van der Waals surface area (Å²) in [5, 5.41) is 14.3. The highest BCUT2D eigenvalue weighted by molar-refractivity contribution is 5.96. The molecule has 1 fully saturated rings. The minimum absolute atomic E-state index is 0.0243. The van der Waals surface area contributed by atoms with Crippen LogP contribution in [0.4, 0.5) is 5.69 Å².